The summed E-state index contributed by atoms with van der Waals surface area (Å²) in [5.41, 5.74) is 1.86. The molecule has 0 saturated carbocycles. The van der Waals surface area contributed by atoms with Crippen LogP contribution >= 0.6 is 0 Å². The Hall–Kier alpha value is -2.96. The van der Waals surface area contributed by atoms with E-state index in [2.05, 4.69) is 20.6 Å². The van der Waals surface area contributed by atoms with Crippen molar-refractivity contribution in [2.24, 2.45) is 0 Å². The van der Waals surface area contributed by atoms with Gasteiger partial charge >= 0.3 is 0 Å². The van der Waals surface area contributed by atoms with Crippen molar-refractivity contribution in [2.75, 3.05) is 26.5 Å². The molecule has 0 aliphatic carbocycles. The Labute approximate surface area is 147 Å². The van der Waals surface area contributed by atoms with Gasteiger partial charge in [-0.2, -0.15) is 0 Å². The van der Waals surface area contributed by atoms with E-state index < -0.39 is 11.9 Å². The zero-order chi connectivity index (χ0) is 18.4. The number of amides is 2. The molecule has 2 amide bonds. The molecule has 1 aromatic heterocycles. The fraction of sp³-hybridized carbons (Fsp3) is 0.333. The minimum Gasteiger partial charge on any atom is -0.357 e. The van der Waals surface area contributed by atoms with Gasteiger partial charge in [-0.3, -0.25) is 9.59 Å². The predicted octanol–water partition coefficient (Wildman–Crippen LogP) is 1.26. The number of rotatable bonds is 6. The highest BCUT2D eigenvalue weighted by molar-refractivity contribution is 5.96. The highest BCUT2D eigenvalue weighted by atomic mass is 16.2. The lowest BCUT2D eigenvalue weighted by atomic mass is 10.0. The summed E-state index contributed by atoms with van der Waals surface area (Å²) in [5, 5.41) is 5.61. The van der Waals surface area contributed by atoms with Crippen LogP contribution in [0.1, 0.15) is 21.7 Å². The third-order valence-corrected chi connectivity index (χ3v) is 3.64. The number of carbonyl (C=O) groups excluding carboxylic acids is 2. The number of hydrogen-bond acceptors (Lipinski definition) is 5. The Kier molecular flexibility index (Phi) is 6.05. The van der Waals surface area contributed by atoms with E-state index in [1.807, 2.05) is 30.3 Å². The van der Waals surface area contributed by atoms with Crippen LogP contribution in [0.4, 0.5) is 5.95 Å². The van der Waals surface area contributed by atoms with Crippen LogP contribution in [0.5, 0.6) is 0 Å². The quantitative estimate of drug-likeness (QED) is 0.826. The van der Waals surface area contributed by atoms with Crippen LogP contribution in [-0.4, -0.2) is 53.9 Å². The Bertz CT molecular complexity index is 746. The summed E-state index contributed by atoms with van der Waals surface area (Å²) in [4.78, 5) is 34.9. The van der Waals surface area contributed by atoms with Gasteiger partial charge in [0.25, 0.3) is 5.91 Å². The summed E-state index contributed by atoms with van der Waals surface area (Å²) in [7, 11) is 5.02. The first-order chi connectivity index (χ1) is 11.9. The zero-order valence-corrected chi connectivity index (χ0v) is 14.9. The second-order valence-electron chi connectivity index (χ2n) is 5.92. The Morgan fingerprint density at radius 1 is 1.16 bits per heavy atom. The lowest BCUT2D eigenvalue weighted by Crippen LogP contribution is -2.47. The molecule has 1 unspecified atom stereocenters. The van der Waals surface area contributed by atoms with Crippen molar-refractivity contribution in [3.8, 4) is 0 Å². The molecule has 0 spiro atoms. The van der Waals surface area contributed by atoms with Crippen molar-refractivity contribution in [3.63, 3.8) is 0 Å². The van der Waals surface area contributed by atoms with E-state index >= 15 is 0 Å². The van der Waals surface area contributed by atoms with Crippen molar-refractivity contribution in [1.82, 2.24) is 20.2 Å². The minimum atomic E-state index is -0.668. The molecule has 7 heteroatoms. The number of nitrogens with zero attached hydrogens (tertiary/aromatic N) is 3. The van der Waals surface area contributed by atoms with E-state index in [1.165, 1.54) is 4.90 Å². The van der Waals surface area contributed by atoms with Crippen LogP contribution in [0.2, 0.25) is 0 Å². The molecule has 0 saturated heterocycles. The molecule has 7 nitrogen and oxygen atoms in total. The van der Waals surface area contributed by atoms with E-state index in [1.54, 1.807) is 34.1 Å². The van der Waals surface area contributed by atoms with Gasteiger partial charge in [-0.1, -0.05) is 30.3 Å². The topological polar surface area (TPSA) is 87.2 Å². The molecule has 132 valence electrons. The molecule has 1 aromatic carbocycles. The first kappa shape index (κ1) is 18.4. The summed E-state index contributed by atoms with van der Waals surface area (Å²) >= 11 is 0. The molecule has 0 bridgehead atoms. The lowest BCUT2D eigenvalue weighted by Gasteiger charge is -2.22. The van der Waals surface area contributed by atoms with Crippen LogP contribution in [0, 0.1) is 6.92 Å². The van der Waals surface area contributed by atoms with Crippen LogP contribution in [-0.2, 0) is 11.2 Å². The number of aryl methyl sites for hydroxylation is 1. The third kappa shape index (κ3) is 5.00. The molecule has 25 heavy (non-hydrogen) atoms. The zero-order valence-electron chi connectivity index (χ0n) is 14.9. The highest BCUT2D eigenvalue weighted by Crippen LogP contribution is 2.08. The molecule has 1 heterocycles. The first-order valence-electron chi connectivity index (χ1n) is 8.00. The smallest absolute Gasteiger partial charge is 0.270 e. The van der Waals surface area contributed by atoms with E-state index in [0.717, 1.165) is 5.56 Å². The molecule has 2 rings (SSSR count). The molecular formula is C18H23N5O2. The minimum absolute atomic E-state index is 0.170. The molecule has 0 radical (unpaired) electrons. The number of anilines is 1. The normalized spacial score (nSPS) is 11.5. The molecule has 2 aromatic rings. The number of likely N-dealkylation sites (N-methyl/N-ethyl adjacent to an activating group) is 1. The summed E-state index contributed by atoms with van der Waals surface area (Å²) < 4.78 is 0. The summed E-state index contributed by atoms with van der Waals surface area (Å²) in [6.07, 6.45) is 0.409. The van der Waals surface area contributed by atoms with Crippen molar-refractivity contribution in [1.29, 1.82) is 0 Å². The van der Waals surface area contributed by atoms with E-state index in [4.69, 9.17) is 0 Å². The second-order valence-corrected chi connectivity index (χ2v) is 5.92. The van der Waals surface area contributed by atoms with E-state index in [-0.39, 0.29) is 11.6 Å². The molecule has 0 aliphatic heterocycles. The molecule has 1 atom stereocenters. The average Bonchev–Trinajstić information content (AvgIpc) is 2.60. The Balaban J connectivity index is 2.22. The van der Waals surface area contributed by atoms with Crippen LogP contribution < -0.4 is 10.6 Å². The summed E-state index contributed by atoms with van der Waals surface area (Å²) in [6.45, 7) is 1.78. The molecular weight excluding hydrogens is 318 g/mol. The van der Waals surface area contributed by atoms with Gasteiger partial charge in [0, 0.05) is 33.3 Å². The van der Waals surface area contributed by atoms with Gasteiger partial charge in [-0.25, -0.2) is 9.97 Å². The van der Waals surface area contributed by atoms with Crippen molar-refractivity contribution < 1.29 is 9.59 Å². The third-order valence-electron chi connectivity index (χ3n) is 3.64. The van der Waals surface area contributed by atoms with Gasteiger partial charge in [-0.15, -0.1) is 0 Å². The Morgan fingerprint density at radius 2 is 1.84 bits per heavy atom. The summed E-state index contributed by atoms with van der Waals surface area (Å²) in [5.74, 6) is -0.210. The second kappa shape index (κ2) is 8.23. The standard InChI is InChI=1S/C18H23N5O2/c1-12-10-14(22-18(19-2)20-12)16(24)21-15(17(25)23(3)4)11-13-8-6-5-7-9-13/h5-10,15H,11H2,1-4H3,(H,21,24)(H,19,20,22). The number of carbonyl (C=O) groups is 2. The average molecular weight is 341 g/mol. The van der Waals surface area contributed by atoms with Crippen molar-refractivity contribution >= 4 is 17.8 Å². The maximum atomic E-state index is 12.6. The van der Waals surface area contributed by atoms with Crippen molar-refractivity contribution in [3.05, 3.63) is 53.3 Å². The monoisotopic (exact) mass is 341 g/mol. The van der Waals surface area contributed by atoms with Crippen LogP contribution in [0.3, 0.4) is 0 Å². The number of aromatic nitrogens is 2. The van der Waals surface area contributed by atoms with Gasteiger partial charge in [0.1, 0.15) is 11.7 Å². The highest BCUT2D eigenvalue weighted by Gasteiger charge is 2.24. The maximum absolute atomic E-state index is 12.6. The van der Waals surface area contributed by atoms with Gasteiger partial charge in [-0.05, 0) is 18.6 Å². The molecule has 2 N–H and O–H groups in total. The van der Waals surface area contributed by atoms with Gasteiger partial charge in [0.15, 0.2) is 0 Å². The summed E-state index contributed by atoms with van der Waals surface area (Å²) in [6, 6.07) is 10.5. The van der Waals surface area contributed by atoms with Gasteiger partial charge < -0.3 is 15.5 Å². The number of benzene rings is 1. The first-order valence-corrected chi connectivity index (χ1v) is 8.00. The van der Waals surface area contributed by atoms with E-state index in [0.29, 0.717) is 18.1 Å². The van der Waals surface area contributed by atoms with E-state index in [9.17, 15) is 9.59 Å². The largest absolute Gasteiger partial charge is 0.357 e. The lowest BCUT2D eigenvalue weighted by molar-refractivity contribution is -0.130. The van der Waals surface area contributed by atoms with Crippen molar-refractivity contribution in [2.45, 2.75) is 19.4 Å². The molecule has 0 fully saturated rings. The van der Waals surface area contributed by atoms with Gasteiger partial charge in [0.2, 0.25) is 11.9 Å². The number of nitrogens with one attached hydrogen (secondary N) is 2. The maximum Gasteiger partial charge on any atom is 0.270 e. The predicted molar refractivity (Wildman–Crippen MR) is 96.4 cm³/mol. The molecule has 0 aliphatic rings. The van der Waals surface area contributed by atoms with Gasteiger partial charge in [0.05, 0.1) is 0 Å². The fourth-order valence-corrected chi connectivity index (χ4v) is 2.39. The SMILES string of the molecule is CNc1nc(C)cc(C(=O)NC(Cc2ccccc2)C(=O)N(C)C)n1. The van der Waals surface area contributed by atoms with Crippen LogP contribution in [0.25, 0.3) is 0 Å². The fourth-order valence-electron chi connectivity index (χ4n) is 2.39. The Morgan fingerprint density at radius 3 is 2.44 bits per heavy atom. The number of hydrogen-bond donors (Lipinski definition) is 2. The van der Waals surface area contributed by atoms with Crippen LogP contribution in [0.15, 0.2) is 36.4 Å².